The van der Waals surface area contributed by atoms with Crippen LogP contribution in [0.25, 0.3) is 5.82 Å². The van der Waals surface area contributed by atoms with Crippen molar-refractivity contribution in [1.82, 2.24) is 24.6 Å². The summed E-state index contributed by atoms with van der Waals surface area (Å²) in [4.78, 5) is 32.1. The summed E-state index contributed by atoms with van der Waals surface area (Å²) in [5.41, 5.74) is 2.69. The molecule has 0 radical (unpaired) electrons. The molecule has 1 saturated heterocycles. The molecule has 2 amide bonds. The Balaban J connectivity index is 1.49. The molecule has 0 spiro atoms. The molecule has 1 fully saturated rings. The number of pyridine rings is 1. The predicted molar refractivity (Wildman–Crippen MR) is 139 cm³/mol. The highest BCUT2D eigenvalue weighted by Gasteiger charge is 2.28. The predicted octanol–water partition coefficient (Wildman–Crippen LogP) is 4.57. The van der Waals surface area contributed by atoms with Gasteiger partial charge in [-0.3, -0.25) is 14.2 Å². The van der Waals surface area contributed by atoms with Gasteiger partial charge in [-0.15, -0.1) is 10.2 Å². The third-order valence-corrected chi connectivity index (χ3v) is 7.16. The monoisotopic (exact) mass is 498 g/mol. The molecule has 1 aliphatic heterocycles. The molecule has 1 atom stereocenters. The molecule has 4 aromatic rings. The second kappa shape index (κ2) is 10.7. The molecular formula is C27H26N6O2S. The van der Waals surface area contributed by atoms with E-state index in [1.54, 1.807) is 11.1 Å². The highest BCUT2D eigenvalue weighted by Crippen LogP contribution is 2.37. The first-order valence-electron chi connectivity index (χ1n) is 11.8. The van der Waals surface area contributed by atoms with E-state index in [-0.39, 0.29) is 11.8 Å². The number of hydrogen-bond acceptors (Lipinski definition) is 6. The van der Waals surface area contributed by atoms with Crippen LogP contribution < -0.4 is 5.32 Å². The lowest BCUT2D eigenvalue weighted by Crippen LogP contribution is -2.26. The summed E-state index contributed by atoms with van der Waals surface area (Å²) in [6.45, 7) is 3.04. The van der Waals surface area contributed by atoms with E-state index in [1.165, 1.54) is 11.8 Å². The average Bonchev–Trinajstić information content (AvgIpc) is 3.50. The summed E-state index contributed by atoms with van der Waals surface area (Å²) >= 11 is 1.31. The third-order valence-electron chi connectivity index (χ3n) is 5.97. The Morgan fingerprint density at radius 1 is 1.03 bits per heavy atom. The van der Waals surface area contributed by atoms with Gasteiger partial charge < -0.3 is 10.2 Å². The molecule has 0 saturated carbocycles. The normalized spacial score (nSPS) is 14.1. The maximum atomic E-state index is 13.5. The highest BCUT2D eigenvalue weighted by atomic mass is 32.2. The summed E-state index contributed by atoms with van der Waals surface area (Å²) in [6, 6.07) is 22.9. The van der Waals surface area contributed by atoms with Gasteiger partial charge >= 0.3 is 0 Å². The topological polar surface area (TPSA) is 93.0 Å². The van der Waals surface area contributed by atoms with Crippen molar-refractivity contribution in [3.63, 3.8) is 0 Å². The SMILES string of the molecule is Cc1ccc(NC(=O)[C@@H](Sc2nnc(CN3CCCC3=O)n2-c2ccccn2)c2ccccc2)cc1. The van der Waals surface area contributed by atoms with Crippen LogP contribution in [0.4, 0.5) is 5.69 Å². The number of rotatable bonds is 8. The van der Waals surface area contributed by atoms with Gasteiger partial charge in [-0.2, -0.15) is 0 Å². The van der Waals surface area contributed by atoms with Crippen molar-refractivity contribution in [3.8, 4) is 5.82 Å². The molecule has 8 nitrogen and oxygen atoms in total. The fourth-order valence-electron chi connectivity index (χ4n) is 4.09. The molecule has 2 aromatic carbocycles. The minimum absolute atomic E-state index is 0.111. The molecular weight excluding hydrogens is 472 g/mol. The average molecular weight is 499 g/mol. The Bertz CT molecular complexity index is 1340. The van der Waals surface area contributed by atoms with Crippen LogP contribution >= 0.6 is 11.8 Å². The van der Waals surface area contributed by atoms with Gasteiger partial charge in [0.1, 0.15) is 11.1 Å². The maximum Gasteiger partial charge on any atom is 0.242 e. The van der Waals surface area contributed by atoms with Crippen molar-refractivity contribution < 1.29 is 9.59 Å². The fourth-order valence-corrected chi connectivity index (χ4v) is 5.15. The second-order valence-electron chi connectivity index (χ2n) is 8.60. The van der Waals surface area contributed by atoms with E-state index in [9.17, 15) is 9.59 Å². The van der Waals surface area contributed by atoms with E-state index >= 15 is 0 Å². The zero-order valence-electron chi connectivity index (χ0n) is 19.9. The Morgan fingerprint density at radius 3 is 2.50 bits per heavy atom. The summed E-state index contributed by atoms with van der Waals surface area (Å²) in [5.74, 6) is 1.19. The number of nitrogens with zero attached hydrogens (tertiary/aromatic N) is 5. The number of carbonyl (C=O) groups is 2. The van der Waals surface area contributed by atoms with Gasteiger partial charge in [0.2, 0.25) is 11.8 Å². The number of benzene rings is 2. The Labute approximate surface area is 213 Å². The van der Waals surface area contributed by atoms with Gasteiger partial charge in [0, 0.05) is 24.8 Å². The molecule has 0 unspecified atom stereocenters. The number of aromatic nitrogens is 4. The Hall–Kier alpha value is -3.98. The minimum Gasteiger partial charge on any atom is -0.335 e. The van der Waals surface area contributed by atoms with E-state index in [4.69, 9.17) is 0 Å². The van der Waals surface area contributed by atoms with Gasteiger partial charge in [-0.25, -0.2) is 4.98 Å². The lowest BCUT2D eigenvalue weighted by molar-refractivity contribution is -0.128. The number of likely N-dealkylation sites (tertiary alicyclic amines) is 1. The smallest absolute Gasteiger partial charge is 0.242 e. The quantitative estimate of drug-likeness (QED) is 0.358. The maximum absolute atomic E-state index is 13.5. The Kier molecular flexibility index (Phi) is 7.08. The van der Waals surface area contributed by atoms with Gasteiger partial charge in [-0.1, -0.05) is 65.9 Å². The number of thioether (sulfide) groups is 1. The number of nitrogens with one attached hydrogen (secondary N) is 1. The van der Waals surface area contributed by atoms with Crippen molar-refractivity contribution in [2.24, 2.45) is 0 Å². The van der Waals surface area contributed by atoms with E-state index in [1.807, 2.05) is 84.3 Å². The van der Waals surface area contributed by atoms with Crippen LogP contribution in [-0.4, -0.2) is 43.0 Å². The second-order valence-corrected chi connectivity index (χ2v) is 9.68. The highest BCUT2D eigenvalue weighted by molar-refractivity contribution is 8.00. The summed E-state index contributed by atoms with van der Waals surface area (Å²) < 4.78 is 1.84. The first-order chi connectivity index (χ1) is 17.6. The molecule has 3 heterocycles. The lowest BCUT2D eigenvalue weighted by Gasteiger charge is -2.19. The number of aryl methyl sites for hydroxylation is 1. The van der Waals surface area contributed by atoms with Crippen molar-refractivity contribution in [2.75, 3.05) is 11.9 Å². The van der Waals surface area contributed by atoms with E-state index in [2.05, 4.69) is 20.5 Å². The van der Waals surface area contributed by atoms with Gasteiger partial charge in [0.05, 0.1) is 6.54 Å². The molecule has 1 aliphatic rings. The molecule has 182 valence electrons. The minimum atomic E-state index is -0.583. The van der Waals surface area contributed by atoms with Gasteiger partial charge in [0.25, 0.3) is 0 Å². The van der Waals surface area contributed by atoms with Crippen LogP contribution in [0.1, 0.15) is 35.0 Å². The first-order valence-corrected chi connectivity index (χ1v) is 12.7. The van der Waals surface area contributed by atoms with Crippen LogP contribution in [0.2, 0.25) is 0 Å². The number of carbonyl (C=O) groups excluding carboxylic acids is 2. The van der Waals surface area contributed by atoms with Crippen molar-refractivity contribution in [2.45, 2.75) is 36.7 Å². The molecule has 36 heavy (non-hydrogen) atoms. The van der Waals surface area contributed by atoms with Crippen LogP contribution in [0, 0.1) is 6.92 Å². The molecule has 9 heteroatoms. The first kappa shape index (κ1) is 23.7. The number of hydrogen-bond donors (Lipinski definition) is 1. The number of anilines is 1. The largest absolute Gasteiger partial charge is 0.335 e. The van der Waals surface area contributed by atoms with Crippen molar-refractivity contribution in [3.05, 3.63) is 95.9 Å². The van der Waals surface area contributed by atoms with Gasteiger partial charge in [-0.05, 0) is 43.2 Å². The van der Waals surface area contributed by atoms with E-state index in [0.717, 1.165) is 23.2 Å². The molecule has 1 N–H and O–H groups in total. The van der Waals surface area contributed by atoms with E-state index in [0.29, 0.717) is 36.3 Å². The molecule has 5 rings (SSSR count). The lowest BCUT2D eigenvalue weighted by atomic mass is 10.1. The van der Waals surface area contributed by atoms with Crippen LogP contribution in [-0.2, 0) is 16.1 Å². The number of amides is 2. The summed E-state index contributed by atoms with van der Waals surface area (Å²) in [7, 11) is 0. The van der Waals surface area contributed by atoms with Crippen LogP contribution in [0.15, 0.2) is 84.1 Å². The fraction of sp³-hybridized carbons (Fsp3) is 0.222. The van der Waals surface area contributed by atoms with Gasteiger partial charge in [0.15, 0.2) is 11.0 Å². The zero-order chi connectivity index (χ0) is 24.9. The molecule has 2 aromatic heterocycles. The van der Waals surface area contributed by atoms with E-state index < -0.39 is 5.25 Å². The molecule has 0 bridgehead atoms. The van der Waals surface area contributed by atoms with Crippen molar-refractivity contribution in [1.29, 1.82) is 0 Å². The summed E-state index contributed by atoms with van der Waals surface area (Å²) in [6.07, 6.45) is 3.09. The summed E-state index contributed by atoms with van der Waals surface area (Å²) in [5, 5.41) is 11.8. The van der Waals surface area contributed by atoms with Crippen molar-refractivity contribution >= 4 is 29.3 Å². The third kappa shape index (κ3) is 5.31. The van der Waals surface area contributed by atoms with Crippen LogP contribution in [0.3, 0.4) is 0 Å². The Morgan fingerprint density at radius 2 is 1.81 bits per heavy atom. The van der Waals surface area contributed by atoms with Crippen LogP contribution in [0.5, 0.6) is 0 Å². The standard InChI is InChI=1S/C27H26N6O2S/c1-19-12-14-21(15-13-19)29-26(35)25(20-8-3-2-4-9-20)36-27-31-30-23(18-32-17-7-11-24(32)34)33(27)22-10-5-6-16-28-22/h2-6,8-10,12-16,25H,7,11,17-18H2,1H3,(H,29,35)/t25-/m0/s1. The molecule has 0 aliphatic carbocycles. The zero-order valence-corrected chi connectivity index (χ0v) is 20.7.